The highest BCUT2D eigenvalue weighted by Crippen LogP contribution is 2.34. The Morgan fingerprint density at radius 3 is 2.45 bits per heavy atom. The van der Waals surface area contributed by atoms with Gasteiger partial charge in [0.1, 0.15) is 4.88 Å². The van der Waals surface area contributed by atoms with E-state index in [2.05, 4.69) is 20.6 Å². The summed E-state index contributed by atoms with van der Waals surface area (Å²) in [6.45, 7) is 0. The van der Waals surface area contributed by atoms with Gasteiger partial charge >= 0.3 is 0 Å². The summed E-state index contributed by atoms with van der Waals surface area (Å²) in [7, 11) is -1.85. The van der Waals surface area contributed by atoms with E-state index in [9.17, 15) is 18.0 Å². The fourth-order valence-electron chi connectivity index (χ4n) is 3.64. The minimum Gasteiger partial charge on any atom is -0.354 e. The van der Waals surface area contributed by atoms with Crippen molar-refractivity contribution < 1.29 is 18.0 Å². The van der Waals surface area contributed by atoms with Crippen LogP contribution in [-0.2, 0) is 14.6 Å². The van der Waals surface area contributed by atoms with Crippen LogP contribution >= 0.6 is 11.3 Å². The van der Waals surface area contributed by atoms with Crippen molar-refractivity contribution in [2.75, 3.05) is 12.4 Å². The van der Waals surface area contributed by atoms with E-state index in [4.69, 9.17) is 0 Å². The summed E-state index contributed by atoms with van der Waals surface area (Å²) in [5.74, 6) is -0.339. The van der Waals surface area contributed by atoms with Gasteiger partial charge in [0.15, 0.2) is 20.0 Å². The predicted molar refractivity (Wildman–Crippen MR) is 119 cm³/mol. The fraction of sp³-hybridized carbons (Fsp3) is 0.429. The molecule has 10 heteroatoms. The van der Waals surface area contributed by atoms with E-state index in [0.717, 1.165) is 37.0 Å². The minimum absolute atomic E-state index is 0.0505. The van der Waals surface area contributed by atoms with Crippen LogP contribution in [0, 0.1) is 5.92 Å². The zero-order valence-electron chi connectivity index (χ0n) is 17.1. The Morgan fingerprint density at radius 1 is 1.10 bits per heavy atom. The largest absolute Gasteiger partial charge is 0.354 e. The molecule has 0 atom stereocenters. The molecule has 2 amide bonds. The number of thiazole rings is 1. The van der Waals surface area contributed by atoms with Gasteiger partial charge in [-0.2, -0.15) is 0 Å². The maximum atomic E-state index is 13.1. The second-order valence-electron chi connectivity index (χ2n) is 7.82. The van der Waals surface area contributed by atoms with Gasteiger partial charge in [0.25, 0.3) is 11.8 Å². The summed E-state index contributed by atoms with van der Waals surface area (Å²) in [5.41, 5.74) is 0.994. The topological polar surface area (TPSA) is 118 Å². The third-order valence-corrected chi connectivity index (χ3v) is 8.61. The maximum Gasteiger partial charge on any atom is 0.262 e. The molecule has 8 nitrogen and oxygen atoms in total. The molecule has 164 valence electrons. The van der Waals surface area contributed by atoms with E-state index in [1.54, 1.807) is 6.07 Å². The van der Waals surface area contributed by atoms with Gasteiger partial charge in [-0.15, -0.1) is 0 Å². The molecule has 0 bridgehead atoms. The van der Waals surface area contributed by atoms with Crippen molar-refractivity contribution in [1.29, 1.82) is 0 Å². The van der Waals surface area contributed by atoms with Gasteiger partial charge in [0, 0.05) is 24.4 Å². The highest BCUT2D eigenvalue weighted by atomic mass is 32.2. The summed E-state index contributed by atoms with van der Waals surface area (Å²) in [4.78, 5) is 33.5. The third kappa shape index (κ3) is 4.85. The second-order valence-corrected chi connectivity index (χ2v) is 11.0. The normalized spacial score (nSPS) is 17.5. The molecule has 0 aliphatic heterocycles. The molecule has 4 rings (SSSR count). The lowest BCUT2D eigenvalue weighted by Crippen LogP contribution is -2.16. The van der Waals surface area contributed by atoms with Crippen molar-refractivity contribution in [2.24, 2.45) is 5.92 Å². The Balaban J connectivity index is 1.59. The van der Waals surface area contributed by atoms with Crippen LogP contribution in [0.4, 0.5) is 5.13 Å². The van der Waals surface area contributed by atoms with Gasteiger partial charge in [-0.1, -0.05) is 30.3 Å². The van der Waals surface area contributed by atoms with Gasteiger partial charge in [0.05, 0.1) is 11.4 Å². The van der Waals surface area contributed by atoms with Crippen LogP contribution in [0.2, 0.25) is 0 Å². The number of amides is 2. The number of anilines is 1. The highest BCUT2D eigenvalue weighted by molar-refractivity contribution is 7.92. The zero-order chi connectivity index (χ0) is 22.0. The number of hydrogen-bond acceptors (Lipinski definition) is 7. The van der Waals surface area contributed by atoms with Gasteiger partial charge in [-0.05, 0) is 43.7 Å². The van der Waals surface area contributed by atoms with E-state index in [0.29, 0.717) is 34.0 Å². The molecule has 2 aliphatic rings. The molecular weight excluding hydrogens is 436 g/mol. The molecule has 31 heavy (non-hydrogen) atoms. The Labute approximate surface area is 185 Å². The van der Waals surface area contributed by atoms with Crippen LogP contribution in [0.1, 0.15) is 53.8 Å². The molecular formula is C21H24N4O4S2. The first-order valence-corrected chi connectivity index (χ1v) is 12.7. The average molecular weight is 461 g/mol. The Hall–Kier alpha value is -2.59. The van der Waals surface area contributed by atoms with Crippen LogP contribution in [-0.4, -0.2) is 42.5 Å². The summed E-state index contributed by atoms with van der Waals surface area (Å²) < 4.78 is 24.8. The molecule has 2 fully saturated rings. The number of aromatic nitrogens is 2. The molecule has 2 aliphatic carbocycles. The summed E-state index contributed by atoms with van der Waals surface area (Å²) in [6.07, 6.45) is 10.4. The first-order valence-electron chi connectivity index (χ1n) is 10.3. The lowest BCUT2D eigenvalue weighted by molar-refractivity contribution is -0.111. The van der Waals surface area contributed by atoms with Crippen LogP contribution in [0.15, 0.2) is 35.6 Å². The fourth-order valence-corrected chi connectivity index (χ4v) is 5.96. The van der Waals surface area contributed by atoms with Crippen LogP contribution < -0.4 is 10.6 Å². The summed E-state index contributed by atoms with van der Waals surface area (Å²) >= 11 is 1.09. The molecule has 2 heterocycles. The van der Waals surface area contributed by atoms with Crippen molar-refractivity contribution in [3.8, 4) is 0 Å². The van der Waals surface area contributed by atoms with Crippen molar-refractivity contribution in [2.45, 2.75) is 48.8 Å². The standard InChI is InChI=1S/C21H24N4O4S2/c1-22-20(27)17-12-24-21(30-17)25-19(26)16(10-13-4-2-3-5-13)14-6-9-18(23-11-14)31(28,29)15-7-8-15/h6,9-13,15H,2-5,7-8H2,1H3,(H,22,27)(H,24,25,26)/b16-10+. The van der Waals surface area contributed by atoms with Gasteiger partial charge < -0.3 is 5.32 Å². The smallest absolute Gasteiger partial charge is 0.262 e. The highest BCUT2D eigenvalue weighted by Gasteiger charge is 2.37. The van der Waals surface area contributed by atoms with E-state index in [1.807, 2.05) is 6.08 Å². The van der Waals surface area contributed by atoms with E-state index in [1.165, 1.54) is 25.5 Å². The Kier molecular flexibility index (Phi) is 6.19. The van der Waals surface area contributed by atoms with Gasteiger partial charge in [-0.3, -0.25) is 14.9 Å². The van der Waals surface area contributed by atoms with E-state index in [-0.39, 0.29) is 28.0 Å². The second kappa shape index (κ2) is 8.88. The summed E-state index contributed by atoms with van der Waals surface area (Å²) in [6, 6.07) is 3.12. The number of nitrogens with zero attached hydrogens (tertiary/aromatic N) is 2. The van der Waals surface area contributed by atoms with Crippen molar-refractivity contribution >= 4 is 43.7 Å². The molecule has 0 radical (unpaired) electrons. The lowest BCUT2D eigenvalue weighted by Gasteiger charge is -2.11. The number of pyridine rings is 1. The Morgan fingerprint density at radius 2 is 1.84 bits per heavy atom. The van der Waals surface area contributed by atoms with Crippen LogP contribution in [0.5, 0.6) is 0 Å². The molecule has 0 aromatic carbocycles. The van der Waals surface area contributed by atoms with Crippen molar-refractivity contribution in [3.05, 3.63) is 41.0 Å². The minimum atomic E-state index is -3.38. The monoisotopic (exact) mass is 460 g/mol. The van der Waals surface area contributed by atoms with Crippen LogP contribution in [0.3, 0.4) is 0 Å². The number of allylic oxidation sites excluding steroid dienone is 1. The molecule has 0 spiro atoms. The molecule has 2 aromatic rings. The maximum absolute atomic E-state index is 13.1. The first kappa shape index (κ1) is 21.6. The number of nitrogens with one attached hydrogen (secondary N) is 2. The molecule has 0 saturated heterocycles. The Bertz CT molecular complexity index is 1110. The number of carbonyl (C=O) groups excluding carboxylic acids is 2. The summed E-state index contributed by atoms with van der Waals surface area (Å²) in [5, 5.41) is 5.33. The number of rotatable bonds is 7. The SMILES string of the molecule is CNC(=O)c1cnc(NC(=O)/C(=C/C2CCCC2)c2ccc(S(=O)(=O)C3CC3)nc2)s1. The lowest BCUT2D eigenvalue weighted by atomic mass is 9.99. The third-order valence-electron chi connectivity index (χ3n) is 5.53. The molecule has 2 aromatic heterocycles. The molecule has 2 saturated carbocycles. The number of carbonyl (C=O) groups is 2. The zero-order valence-corrected chi connectivity index (χ0v) is 18.8. The quantitative estimate of drug-likeness (QED) is 0.613. The van der Waals surface area contributed by atoms with Crippen molar-refractivity contribution in [3.63, 3.8) is 0 Å². The van der Waals surface area contributed by atoms with Crippen molar-refractivity contribution in [1.82, 2.24) is 15.3 Å². The molecule has 2 N–H and O–H groups in total. The van der Waals surface area contributed by atoms with E-state index >= 15 is 0 Å². The van der Waals surface area contributed by atoms with Gasteiger partial charge in [0.2, 0.25) is 0 Å². The molecule has 0 unspecified atom stereocenters. The predicted octanol–water partition coefficient (Wildman–Crippen LogP) is 3.05. The first-order chi connectivity index (χ1) is 14.9. The average Bonchev–Trinajstić information content (AvgIpc) is 3.33. The van der Waals surface area contributed by atoms with Gasteiger partial charge in [-0.25, -0.2) is 18.4 Å². The van der Waals surface area contributed by atoms with E-state index < -0.39 is 9.84 Å². The number of sulfone groups is 1. The van der Waals surface area contributed by atoms with Crippen LogP contribution in [0.25, 0.3) is 5.57 Å². The number of hydrogen-bond donors (Lipinski definition) is 2.